The highest BCUT2D eigenvalue weighted by Gasteiger charge is 2.26. The molecule has 0 spiro atoms. The fourth-order valence-corrected chi connectivity index (χ4v) is 2.56. The molecule has 1 aliphatic heterocycles. The van der Waals surface area contributed by atoms with Crippen LogP contribution in [0.15, 0.2) is 0 Å². The number of rotatable bonds is 6. The number of ether oxygens (including phenoxy) is 2. The first-order valence-corrected chi connectivity index (χ1v) is 8.95. The van der Waals surface area contributed by atoms with Crippen LogP contribution in [0.1, 0.15) is 60.8 Å². The minimum absolute atomic E-state index is 0.0105. The van der Waals surface area contributed by atoms with Gasteiger partial charge in [-0.15, -0.1) is 0 Å². The quantitative estimate of drug-likeness (QED) is 0.690. The van der Waals surface area contributed by atoms with Crippen molar-refractivity contribution in [2.24, 2.45) is 5.41 Å². The van der Waals surface area contributed by atoms with E-state index in [4.69, 9.17) is 9.47 Å². The minimum Gasteiger partial charge on any atom is -0.444 e. The molecule has 3 unspecified atom stereocenters. The average Bonchev–Trinajstić information content (AvgIpc) is 2.40. The third-order valence-corrected chi connectivity index (χ3v) is 3.92. The highest BCUT2D eigenvalue weighted by atomic mass is 16.6. The molecular formula is C18H36N2O4. The zero-order chi connectivity index (χ0) is 18.4. The molecular weight excluding hydrogens is 308 g/mol. The van der Waals surface area contributed by atoms with Crippen molar-refractivity contribution in [3.8, 4) is 0 Å². The Morgan fingerprint density at radius 1 is 1.29 bits per heavy atom. The van der Waals surface area contributed by atoms with Crippen LogP contribution in [-0.2, 0) is 9.47 Å². The molecule has 3 atom stereocenters. The standard InChI is InChI=1S/C18H36N2O4/c1-17(2,3)9-7-13(20-16(22)24-18(4,5)6)11-19-14-8-10-23-12-15(14)21/h13-15,19,21H,7-12H2,1-6H3,(H,20,22). The zero-order valence-electron chi connectivity index (χ0n) is 16.1. The normalized spacial score (nSPS) is 23.6. The van der Waals surface area contributed by atoms with Gasteiger partial charge in [0.05, 0.1) is 12.7 Å². The highest BCUT2D eigenvalue weighted by Crippen LogP contribution is 2.22. The topological polar surface area (TPSA) is 79.8 Å². The largest absolute Gasteiger partial charge is 0.444 e. The maximum atomic E-state index is 12.1. The van der Waals surface area contributed by atoms with Crippen molar-refractivity contribution in [3.63, 3.8) is 0 Å². The van der Waals surface area contributed by atoms with E-state index in [0.717, 1.165) is 19.3 Å². The smallest absolute Gasteiger partial charge is 0.407 e. The lowest BCUT2D eigenvalue weighted by Crippen LogP contribution is -2.52. The molecule has 0 aromatic carbocycles. The first-order valence-electron chi connectivity index (χ1n) is 8.95. The van der Waals surface area contributed by atoms with E-state index in [1.807, 2.05) is 20.8 Å². The molecule has 0 saturated carbocycles. The van der Waals surface area contributed by atoms with Crippen LogP contribution < -0.4 is 10.6 Å². The van der Waals surface area contributed by atoms with Gasteiger partial charge in [-0.3, -0.25) is 0 Å². The van der Waals surface area contributed by atoms with Crippen molar-refractivity contribution >= 4 is 6.09 Å². The molecule has 1 saturated heterocycles. The van der Waals surface area contributed by atoms with Gasteiger partial charge < -0.3 is 25.2 Å². The number of nitrogens with one attached hydrogen (secondary N) is 2. The van der Waals surface area contributed by atoms with Crippen LogP contribution in [0.2, 0.25) is 0 Å². The van der Waals surface area contributed by atoms with Gasteiger partial charge in [-0.05, 0) is 45.4 Å². The third-order valence-electron chi connectivity index (χ3n) is 3.92. The van der Waals surface area contributed by atoms with E-state index in [9.17, 15) is 9.90 Å². The van der Waals surface area contributed by atoms with E-state index in [0.29, 0.717) is 19.8 Å². The number of aliphatic hydroxyl groups is 1. The molecule has 1 amide bonds. The van der Waals surface area contributed by atoms with Gasteiger partial charge in [0, 0.05) is 25.2 Å². The minimum atomic E-state index is -0.511. The van der Waals surface area contributed by atoms with Crippen molar-refractivity contribution in [1.82, 2.24) is 10.6 Å². The van der Waals surface area contributed by atoms with Gasteiger partial charge in [-0.25, -0.2) is 4.79 Å². The second-order valence-corrected chi connectivity index (χ2v) is 8.89. The number of aliphatic hydroxyl groups excluding tert-OH is 1. The van der Waals surface area contributed by atoms with Gasteiger partial charge in [0.25, 0.3) is 0 Å². The lowest BCUT2D eigenvalue weighted by molar-refractivity contribution is -0.0281. The van der Waals surface area contributed by atoms with E-state index < -0.39 is 17.8 Å². The second-order valence-electron chi connectivity index (χ2n) is 8.89. The molecule has 6 nitrogen and oxygen atoms in total. The van der Waals surface area contributed by atoms with E-state index in [1.54, 1.807) is 0 Å². The number of carbonyl (C=O) groups excluding carboxylic acids is 1. The predicted octanol–water partition coefficient (Wildman–Crippen LogP) is 2.45. The predicted molar refractivity (Wildman–Crippen MR) is 95.1 cm³/mol. The lowest BCUT2D eigenvalue weighted by atomic mass is 9.88. The van der Waals surface area contributed by atoms with Crippen LogP contribution in [0, 0.1) is 5.41 Å². The van der Waals surface area contributed by atoms with Crippen molar-refractivity contribution in [3.05, 3.63) is 0 Å². The maximum absolute atomic E-state index is 12.1. The first-order chi connectivity index (χ1) is 11.0. The lowest BCUT2D eigenvalue weighted by Gasteiger charge is -2.31. The van der Waals surface area contributed by atoms with E-state index in [-0.39, 0.29) is 17.5 Å². The maximum Gasteiger partial charge on any atom is 0.407 e. The van der Waals surface area contributed by atoms with Crippen LogP contribution in [0.25, 0.3) is 0 Å². The Morgan fingerprint density at radius 2 is 1.96 bits per heavy atom. The Morgan fingerprint density at radius 3 is 2.50 bits per heavy atom. The van der Waals surface area contributed by atoms with Crippen LogP contribution in [0.3, 0.4) is 0 Å². The number of amides is 1. The summed E-state index contributed by atoms with van der Waals surface area (Å²) in [6, 6.07) is -0.0227. The van der Waals surface area contributed by atoms with E-state index in [2.05, 4.69) is 31.4 Å². The summed E-state index contributed by atoms with van der Waals surface area (Å²) < 4.78 is 10.6. The van der Waals surface area contributed by atoms with Crippen molar-refractivity contribution in [2.75, 3.05) is 19.8 Å². The van der Waals surface area contributed by atoms with E-state index in [1.165, 1.54) is 0 Å². The fourth-order valence-electron chi connectivity index (χ4n) is 2.56. The van der Waals surface area contributed by atoms with Gasteiger partial charge in [0.2, 0.25) is 0 Å². The van der Waals surface area contributed by atoms with Gasteiger partial charge in [-0.2, -0.15) is 0 Å². The SMILES string of the molecule is CC(C)(C)CCC(CNC1CCOCC1O)NC(=O)OC(C)(C)C. The molecule has 0 aliphatic carbocycles. The summed E-state index contributed by atoms with van der Waals surface area (Å²) in [6.07, 6.45) is 1.74. The number of carbonyl (C=O) groups is 1. The average molecular weight is 344 g/mol. The molecule has 0 aromatic heterocycles. The molecule has 1 heterocycles. The molecule has 0 bridgehead atoms. The Kier molecular flexibility index (Phi) is 7.96. The van der Waals surface area contributed by atoms with Gasteiger partial charge in [0.15, 0.2) is 0 Å². The molecule has 1 fully saturated rings. The van der Waals surface area contributed by atoms with Crippen molar-refractivity contribution < 1.29 is 19.4 Å². The fraction of sp³-hybridized carbons (Fsp3) is 0.944. The number of alkyl carbamates (subject to hydrolysis) is 1. The Hall–Kier alpha value is -0.850. The molecule has 0 aromatic rings. The van der Waals surface area contributed by atoms with Gasteiger partial charge >= 0.3 is 6.09 Å². The van der Waals surface area contributed by atoms with Crippen molar-refractivity contribution in [1.29, 1.82) is 0 Å². The Bertz CT molecular complexity index is 387. The number of hydrogen-bond acceptors (Lipinski definition) is 5. The van der Waals surface area contributed by atoms with Crippen LogP contribution >= 0.6 is 0 Å². The highest BCUT2D eigenvalue weighted by molar-refractivity contribution is 5.68. The molecule has 1 rings (SSSR count). The molecule has 6 heteroatoms. The summed E-state index contributed by atoms with van der Waals surface area (Å²) in [6.45, 7) is 13.8. The van der Waals surface area contributed by atoms with Gasteiger partial charge in [-0.1, -0.05) is 20.8 Å². The molecule has 0 radical (unpaired) electrons. The summed E-state index contributed by atoms with van der Waals surface area (Å²) >= 11 is 0. The summed E-state index contributed by atoms with van der Waals surface area (Å²) in [5.74, 6) is 0. The Labute approximate surface area is 146 Å². The Balaban J connectivity index is 2.54. The third kappa shape index (κ3) is 9.45. The van der Waals surface area contributed by atoms with Crippen LogP contribution in [-0.4, -0.2) is 54.7 Å². The molecule has 24 heavy (non-hydrogen) atoms. The number of hydrogen-bond donors (Lipinski definition) is 3. The molecule has 1 aliphatic rings. The van der Waals surface area contributed by atoms with Crippen LogP contribution in [0.4, 0.5) is 4.79 Å². The van der Waals surface area contributed by atoms with E-state index >= 15 is 0 Å². The summed E-state index contributed by atoms with van der Waals surface area (Å²) in [5, 5.41) is 16.3. The summed E-state index contributed by atoms with van der Waals surface area (Å²) in [5.41, 5.74) is -0.310. The van der Waals surface area contributed by atoms with Gasteiger partial charge in [0.1, 0.15) is 5.60 Å². The second kappa shape index (κ2) is 9.02. The summed E-state index contributed by atoms with van der Waals surface area (Å²) in [7, 11) is 0. The molecule has 142 valence electrons. The molecule has 3 N–H and O–H groups in total. The first kappa shape index (κ1) is 21.2. The van der Waals surface area contributed by atoms with Crippen molar-refractivity contribution in [2.45, 2.75) is 84.6 Å². The zero-order valence-corrected chi connectivity index (χ0v) is 16.1. The van der Waals surface area contributed by atoms with Crippen LogP contribution in [0.5, 0.6) is 0 Å². The summed E-state index contributed by atoms with van der Waals surface area (Å²) in [4.78, 5) is 12.1. The monoisotopic (exact) mass is 344 g/mol.